The molecule has 3 nitrogen and oxygen atoms in total. The lowest BCUT2D eigenvalue weighted by Crippen LogP contribution is -2.30. The Labute approximate surface area is 124 Å². The minimum absolute atomic E-state index is 0.267. The van der Waals surface area contributed by atoms with Gasteiger partial charge in [0.2, 0.25) is 0 Å². The number of thiocarbonyl (C=S) groups is 1. The summed E-state index contributed by atoms with van der Waals surface area (Å²) in [6.45, 7) is 1.35. The molecule has 0 fully saturated rings. The lowest BCUT2D eigenvalue weighted by Gasteiger charge is -2.13. The first-order valence-corrected chi connectivity index (χ1v) is 6.81. The second-order valence-electron chi connectivity index (χ2n) is 3.47. The number of ether oxygens (including phenoxy) is 1. The topological polar surface area (TPSA) is 33.3 Å². The van der Waals surface area contributed by atoms with E-state index in [-0.39, 0.29) is 5.02 Å². The highest BCUT2D eigenvalue weighted by atomic mass is 79.9. The smallest absolute Gasteiger partial charge is 0.170 e. The van der Waals surface area contributed by atoms with Gasteiger partial charge in [-0.05, 0) is 46.7 Å². The van der Waals surface area contributed by atoms with Crippen LogP contribution < -0.4 is 10.6 Å². The Morgan fingerprint density at radius 1 is 1.56 bits per heavy atom. The first-order chi connectivity index (χ1) is 8.54. The quantitative estimate of drug-likeness (QED) is 0.625. The summed E-state index contributed by atoms with van der Waals surface area (Å²) in [6, 6.07) is 2.55. The van der Waals surface area contributed by atoms with E-state index in [2.05, 4.69) is 26.6 Å². The maximum Gasteiger partial charge on any atom is 0.170 e. The number of methoxy groups -OCH3 is 1. The molecular weight excluding hydrogens is 343 g/mol. The molecule has 7 heteroatoms. The predicted molar refractivity (Wildman–Crippen MR) is 79.8 cm³/mol. The average Bonchev–Trinajstić information content (AvgIpc) is 2.29. The van der Waals surface area contributed by atoms with Crippen molar-refractivity contribution in [2.75, 3.05) is 25.6 Å². The van der Waals surface area contributed by atoms with Crippen LogP contribution >= 0.6 is 39.7 Å². The van der Waals surface area contributed by atoms with Gasteiger partial charge < -0.3 is 15.4 Å². The third-order valence-corrected chi connectivity index (χ3v) is 3.23. The third-order valence-electron chi connectivity index (χ3n) is 2.06. The molecule has 0 unspecified atom stereocenters. The standard InChI is InChI=1S/C11H13BrClFN2OS/c1-17-4-2-3-15-11(18)16-10-8(12)5-7(14)6-9(10)13/h5-6H,2-4H2,1H3,(H2,15,16,18). The Bertz CT molecular complexity index is 410. The van der Waals surface area contributed by atoms with Gasteiger partial charge in [-0.25, -0.2) is 4.39 Å². The van der Waals surface area contributed by atoms with Crippen molar-refractivity contribution < 1.29 is 9.13 Å². The Kier molecular flexibility index (Phi) is 6.85. The van der Waals surface area contributed by atoms with Gasteiger partial charge in [0.15, 0.2) is 5.11 Å². The molecule has 100 valence electrons. The van der Waals surface area contributed by atoms with Crippen molar-refractivity contribution in [3.8, 4) is 0 Å². The monoisotopic (exact) mass is 354 g/mol. The Morgan fingerprint density at radius 3 is 2.89 bits per heavy atom. The highest BCUT2D eigenvalue weighted by Crippen LogP contribution is 2.31. The molecule has 0 saturated heterocycles. The van der Waals surface area contributed by atoms with Crippen LogP contribution in [0.25, 0.3) is 0 Å². The van der Waals surface area contributed by atoms with Gasteiger partial charge in [0, 0.05) is 24.7 Å². The molecule has 1 rings (SSSR count). The zero-order chi connectivity index (χ0) is 13.5. The van der Waals surface area contributed by atoms with Crippen LogP contribution in [-0.2, 0) is 4.74 Å². The summed E-state index contributed by atoms with van der Waals surface area (Å²) in [5.41, 5.74) is 0.544. The number of hydrogen-bond donors (Lipinski definition) is 2. The van der Waals surface area contributed by atoms with Crippen molar-refractivity contribution in [3.05, 3.63) is 27.4 Å². The zero-order valence-electron chi connectivity index (χ0n) is 9.73. The van der Waals surface area contributed by atoms with E-state index >= 15 is 0 Å². The normalized spacial score (nSPS) is 10.2. The molecule has 0 aromatic heterocycles. The molecule has 0 aliphatic heterocycles. The summed E-state index contributed by atoms with van der Waals surface area (Å²) in [6.07, 6.45) is 0.844. The molecule has 0 heterocycles. The van der Waals surface area contributed by atoms with E-state index in [1.165, 1.54) is 12.1 Å². The van der Waals surface area contributed by atoms with Crippen LogP contribution in [0.2, 0.25) is 5.02 Å². The van der Waals surface area contributed by atoms with Crippen LogP contribution in [0.15, 0.2) is 16.6 Å². The van der Waals surface area contributed by atoms with Crippen molar-refractivity contribution in [2.24, 2.45) is 0 Å². The molecule has 0 spiro atoms. The number of nitrogens with one attached hydrogen (secondary N) is 2. The van der Waals surface area contributed by atoms with Gasteiger partial charge in [-0.2, -0.15) is 0 Å². The van der Waals surface area contributed by atoms with Crippen molar-refractivity contribution >= 4 is 50.5 Å². The van der Waals surface area contributed by atoms with Gasteiger partial charge in [0.1, 0.15) is 5.82 Å². The van der Waals surface area contributed by atoms with Crippen molar-refractivity contribution in [1.29, 1.82) is 0 Å². The molecule has 0 aliphatic carbocycles. The van der Waals surface area contributed by atoms with E-state index < -0.39 is 5.82 Å². The maximum atomic E-state index is 13.0. The summed E-state index contributed by atoms with van der Waals surface area (Å²) in [5, 5.41) is 6.62. The Hall–Kier alpha value is -0.430. The highest BCUT2D eigenvalue weighted by Gasteiger charge is 2.09. The van der Waals surface area contributed by atoms with Gasteiger partial charge in [-0.1, -0.05) is 11.6 Å². The third kappa shape index (κ3) is 5.06. The van der Waals surface area contributed by atoms with Crippen LogP contribution in [0, 0.1) is 5.82 Å². The van der Waals surface area contributed by atoms with Crippen molar-refractivity contribution in [1.82, 2.24) is 5.32 Å². The van der Waals surface area contributed by atoms with E-state index in [0.717, 1.165) is 6.42 Å². The molecule has 0 aliphatic rings. The van der Waals surface area contributed by atoms with E-state index in [9.17, 15) is 4.39 Å². The van der Waals surface area contributed by atoms with Crippen LogP contribution in [0.5, 0.6) is 0 Å². The maximum absolute atomic E-state index is 13.0. The van der Waals surface area contributed by atoms with E-state index in [1.807, 2.05) is 0 Å². The molecular formula is C11H13BrClFN2OS. The average molecular weight is 356 g/mol. The zero-order valence-corrected chi connectivity index (χ0v) is 12.9. The summed E-state index contributed by atoms with van der Waals surface area (Å²) in [5.74, 6) is -0.406. The summed E-state index contributed by atoms with van der Waals surface area (Å²) in [7, 11) is 1.64. The molecule has 1 aromatic rings. The first kappa shape index (κ1) is 15.6. The van der Waals surface area contributed by atoms with Gasteiger partial charge in [0.25, 0.3) is 0 Å². The SMILES string of the molecule is COCCCNC(=S)Nc1c(Cl)cc(F)cc1Br. The van der Waals surface area contributed by atoms with Crippen LogP contribution in [-0.4, -0.2) is 25.4 Å². The second kappa shape index (κ2) is 7.89. The number of rotatable bonds is 5. The minimum atomic E-state index is -0.406. The minimum Gasteiger partial charge on any atom is -0.385 e. The predicted octanol–water partition coefficient (Wildman–Crippen LogP) is 3.56. The van der Waals surface area contributed by atoms with Crippen LogP contribution in [0.4, 0.5) is 10.1 Å². The molecule has 0 radical (unpaired) electrons. The van der Waals surface area contributed by atoms with Crippen molar-refractivity contribution in [3.63, 3.8) is 0 Å². The lowest BCUT2D eigenvalue weighted by molar-refractivity contribution is 0.196. The number of benzene rings is 1. The Balaban J connectivity index is 2.54. The van der Waals surface area contributed by atoms with E-state index in [0.29, 0.717) is 28.4 Å². The molecule has 2 N–H and O–H groups in total. The number of anilines is 1. The molecule has 0 bridgehead atoms. The van der Waals surface area contributed by atoms with Crippen LogP contribution in [0.3, 0.4) is 0 Å². The first-order valence-electron chi connectivity index (χ1n) is 5.23. The molecule has 18 heavy (non-hydrogen) atoms. The van der Waals surface area contributed by atoms with Gasteiger partial charge in [-0.15, -0.1) is 0 Å². The van der Waals surface area contributed by atoms with E-state index in [1.54, 1.807) is 7.11 Å². The molecule has 0 amide bonds. The fraction of sp³-hybridized carbons (Fsp3) is 0.364. The summed E-state index contributed by atoms with van der Waals surface area (Å²) >= 11 is 14.2. The van der Waals surface area contributed by atoms with Gasteiger partial charge in [0.05, 0.1) is 10.7 Å². The lowest BCUT2D eigenvalue weighted by atomic mass is 10.3. The van der Waals surface area contributed by atoms with Crippen molar-refractivity contribution in [2.45, 2.75) is 6.42 Å². The second-order valence-corrected chi connectivity index (χ2v) is 5.14. The Morgan fingerprint density at radius 2 is 2.28 bits per heavy atom. The largest absolute Gasteiger partial charge is 0.385 e. The molecule has 0 saturated carbocycles. The fourth-order valence-electron chi connectivity index (χ4n) is 1.24. The highest BCUT2D eigenvalue weighted by molar-refractivity contribution is 9.10. The van der Waals surface area contributed by atoms with Gasteiger partial charge in [-0.3, -0.25) is 0 Å². The van der Waals surface area contributed by atoms with E-state index in [4.69, 9.17) is 28.6 Å². The van der Waals surface area contributed by atoms with Gasteiger partial charge >= 0.3 is 0 Å². The summed E-state index contributed by atoms with van der Waals surface area (Å²) < 4.78 is 18.5. The molecule has 0 atom stereocenters. The number of halogens is 3. The fourth-order valence-corrected chi connectivity index (χ4v) is 2.34. The number of hydrogen-bond acceptors (Lipinski definition) is 2. The van der Waals surface area contributed by atoms with Crippen LogP contribution in [0.1, 0.15) is 6.42 Å². The summed E-state index contributed by atoms with van der Waals surface area (Å²) in [4.78, 5) is 0. The molecule has 1 aromatic carbocycles.